The van der Waals surface area contributed by atoms with Gasteiger partial charge in [0.25, 0.3) is 5.91 Å². The molecule has 1 aromatic rings. The predicted molar refractivity (Wildman–Crippen MR) is 78.1 cm³/mol. The molecule has 116 valence electrons. The van der Waals surface area contributed by atoms with Crippen LogP contribution in [0, 0.1) is 0 Å². The van der Waals surface area contributed by atoms with E-state index < -0.39 is 0 Å². The molecular weight excluding hydrogens is 284 g/mol. The van der Waals surface area contributed by atoms with E-state index in [1.165, 1.54) is 6.26 Å². The topological polar surface area (TPSA) is 77.9 Å². The zero-order chi connectivity index (χ0) is 14.1. The highest BCUT2D eigenvalue weighted by Crippen LogP contribution is 2.10. The number of hydrogen-bond donors (Lipinski definition) is 1. The van der Waals surface area contributed by atoms with Crippen LogP contribution in [0.2, 0.25) is 0 Å². The highest BCUT2D eigenvalue weighted by atomic mass is 35.5. The minimum atomic E-state index is -0.0726. The van der Waals surface area contributed by atoms with Gasteiger partial charge in [-0.2, -0.15) is 0 Å². The quantitative estimate of drug-likeness (QED) is 0.696. The number of nitrogens with two attached hydrogens (primary N) is 1. The van der Waals surface area contributed by atoms with Crippen LogP contribution in [0.25, 0.3) is 0 Å². The van der Waals surface area contributed by atoms with Gasteiger partial charge in [0.2, 0.25) is 0 Å². The lowest BCUT2D eigenvalue weighted by Crippen LogP contribution is -2.35. The van der Waals surface area contributed by atoms with Gasteiger partial charge in [0, 0.05) is 33.9 Å². The molecule has 20 heavy (non-hydrogen) atoms. The summed E-state index contributed by atoms with van der Waals surface area (Å²) in [4.78, 5) is 14.0. The van der Waals surface area contributed by atoms with Crippen molar-refractivity contribution >= 4 is 18.3 Å². The third kappa shape index (κ3) is 5.92. The largest absolute Gasteiger partial charge is 0.467 e. The van der Waals surface area contributed by atoms with Crippen molar-refractivity contribution < 1.29 is 18.7 Å². The van der Waals surface area contributed by atoms with Gasteiger partial charge in [0.1, 0.15) is 12.0 Å². The van der Waals surface area contributed by atoms with Crippen molar-refractivity contribution in [2.75, 3.05) is 40.5 Å². The maximum absolute atomic E-state index is 12.3. The lowest BCUT2D eigenvalue weighted by Gasteiger charge is -2.21. The Morgan fingerprint density at radius 2 is 2.00 bits per heavy atom. The molecule has 0 atom stereocenters. The first kappa shape index (κ1) is 18.9. The first-order chi connectivity index (χ1) is 9.22. The molecule has 7 heteroatoms. The summed E-state index contributed by atoms with van der Waals surface area (Å²) in [5.41, 5.74) is 5.98. The van der Waals surface area contributed by atoms with Crippen LogP contribution in [-0.2, 0) is 16.0 Å². The SMILES string of the molecule is COCCCN(CCOC)C(=O)c1coc(CN)c1.Cl. The van der Waals surface area contributed by atoms with Crippen molar-refractivity contribution in [2.45, 2.75) is 13.0 Å². The van der Waals surface area contributed by atoms with E-state index in [1.807, 2.05) is 0 Å². The van der Waals surface area contributed by atoms with E-state index in [1.54, 1.807) is 25.2 Å². The molecule has 1 rings (SSSR count). The van der Waals surface area contributed by atoms with Gasteiger partial charge in [-0.1, -0.05) is 0 Å². The van der Waals surface area contributed by atoms with Crippen LogP contribution < -0.4 is 5.73 Å². The first-order valence-electron chi connectivity index (χ1n) is 6.27. The second-order valence-electron chi connectivity index (χ2n) is 4.14. The van der Waals surface area contributed by atoms with E-state index in [0.717, 1.165) is 6.42 Å². The molecule has 1 heterocycles. The van der Waals surface area contributed by atoms with E-state index in [-0.39, 0.29) is 24.9 Å². The van der Waals surface area contributed by atoms with Crippen molar-refractivity contribution in [1.29, 1.82) is 0 Å². The molecule has 2 N–H and O–H groups in total. The van der Waals surface area contributed by atoms with E-state index in [9.17, 15) is 4.79 Å². The van der Waals surface area contributed by atoms with Gasteiger partial charge in [-0.05, 0) is 12.5 Å². The Labute approximate surface area is 125 Å². The molecule has 0 aliphatic rings. The fourth-order valence-corrected chi connectivity index (χ4v) is 1.70. The molecule has 0 aliphatic heterocycles. The Kier molecular flexibility index (Phi) is 10.1. The summed E-state index contributed by atoms with van der Waals surface area (Å²) in [5, 5.41) is 0. The molecular formula is C13H23ClN2O4. The molecule has 0 radical (unpaired) electrons. The molecule has 0 fully saturated rings. The van der Waals surface area contributed by atoms with E-state index >= 15 is 0 Å². The van der Waals surface area contributed by atoms with Crippen LogP contribution in [0.4, 0.5) is 0 Å². The van der Waals surface area contributed by atoms with Gasteiger partial charge < -0.3 is 24.5 Å². The summed E-state index contributed by atoms with van der Waals surface area (Å²) in [6.07, 6.45) is 2.23. The van der Waals surface area contributed by atoms with Crippen molar-refractivity contribution in [1.82, 2.24) is 4.90 Å². The van der Waals surface area contributed by atoms with Crippen molar-refractivity contribution in [2.24, 2.45) is 5.73 Å². The van der Waals surface area contributed by atoms with Gasteiger partial charge in [-0.3, -0.25) is 4.79 Å². The molecule has 0 spiro atoms. The summed E-state index contributed by atoms with van der Waals surface area (Å²) < 4.78 is 15.2. The van der Waals surface area contributed by atoms with Crippen molar-refractivity contribution in [3.05, 3.63) is 23.7 Å². The molecule has 0 unspecified atom stereocenters. The van der Waals surface area contributed by atoms with Crippen molar-refractivity contribution in [3.63, 3.8) is 0 Å². The number of carbonyl (C=O) groups excluding carboxylic acids is 1. The normalized spacial score (nSPS) is 10.2. The maximum atomic E-state index is 12.3. The van der Waals surface area contributed by atoms with E-state index in [0.29, 0.717) is 37.6 Å². The molecule has 1 amide bonds. The summed E-state index contributed by atoms with van der Waals surface area (Å²) in [6.45, 7) is 2.58. The van der Waals surface area contributed by atoms with Crippen LogP contribution in [0.1, 0.15) is 22.5 Å². The molecule has 0 saturated heterocycles. The number of hydrogen-bond acceptors (Lipinski definition) is 5. The van der Waals surface area contributed by atoms with Crippen LogP contribution in [-0.4, -0.2) is 51.3 Å². The minimum Gasteiger partial charge on any atom is -0.467 e. The zero-order valence-corrected chi connectivity index (χ0v) is 12.8. The first-order valence-corrected chi connectivity index (χ1v) is 6.27. The highest BCUT2D eigenvalue weighted by Gasteiger charge is 2.17. The minimum absolute atomic E-state index is 0. The number of rotatable bonds is 9. The Bertz CT molecular complexity index is 384. The van der Waals surface area contributed by atoms with Crippen LogP contribution in [0.3, 0.4) is 0 Å². The van der Waals surface area contributed by atoms with Gasteiger partial charge in [0.15, 0.2) is 0 Å². The van der Waals surface area contributed by atoms with Crippen LogP contribution >= 0.6 is 12.4 Å². The average Bonchev–Trinajstić information content (AvgIpc) is 2.91. The average molecular weight is 307 g/mol. The lowest BCUT2D eigenvalue weighted by atomic mass is 10.2. The van der Waals surface area contributed by atoms with E-state index in [2.05, 4.69) is 0 Å². The standard InChI is InChI=1S/C13H22N2O4.ClH/c1-17-6-3-4-15(5-7-18-2)13(16)11-8-12(9-14)19-10-11;/h8,10H,3-7,9,14H2,1-2H3;1H. The number of halogens is 1. The number of furan rings is 1. The maximum Gasteiger partial charge on any atom is 0.257 e. The lowest BCUT2D eigenvalue weighted by molar-refractivity contribution is 0.0673. The number of ether oxygens (including phenoxy) is 2. The second kappa shape index (κ2) is 10.7. The second-order valence-corrected chi connectivity index (χ2v) is 4.14. The Balaban J connectivity index is 0.00000361. The molecule has 1 aromatic heterocycles. The molecule has 0 aromatic carbocycles. The molecule has 6 nitrogen and oxygen atoms in total. The Hall–Kier alpha value is -1.08. The number of amides is 1. The van der Waals surface area contributed by atoms with Crippen molar-refractivity contribution in [3.8, 4) is 0 Å². The number of methoxy groups -OCH3 is 2. The number of carbonyl (C=O) groups is 1. The van der Waals surface area contributed by atoms with Gasteiger partial charge >= 0.3 is 0 Å². The third-order valence-electron chi connectivity index (χ3n) is 2.73. The Morgan fingerprint density at radius 1 is 1.30 bits per heavy atom. The van der Waals surface area contributed by atoms with Gasteiger partial charge in [-0.25, -0.2) is 0 Å². The Morgan fingerprint density at radius 3 is 2.55 bits per heavy atom. The molecule has 0 bridgehead atoms. The summed E-state index contributed by atoms with van der Waals surface area (Å²) in [5.74, 6) is 0.531. The molecule has 0 saturated carbocycles. The molecule has 0 aliphatic carbocycles. The van der Waals surface area contributed by atoms with E-state index in [4.69, 9.17) is 19.6 Å². The summed E-state index contributed by atoms with van der Waals surface area (Å²) in [7, 11) is 3.26. The number of nitrogens with zero attached hydrogens (tertiary/aromatic N) is 1. The summed E-state index contributed by atoms with van der Waals surface area (Å²) >= 11 is 0. The summed E-state index contributed by atoms with van der Waals surface area (Å²) in [6, 6.07) is 1.68. The highest BCUT2D eigenvalue weighted by molar-refractivity contribution is 5.94. The zero-order valence-electron chi connectivity index (χ0n) is 12.0. The fourth-order valence-electron chi connectivity index (χ4n) is 1.70. The van der Waals surface area contributed by atoms with Crippen LogP contribution in [0.15, 0.2) is 16.7 Å². The smallest absolute Gasteiger partial charge is 0.257 e. The fraction of sp³-hybridized carbons (Fsp3) is 0.615. The third-order valence-corrected chi connectivity index (χ3v) is 2.73. The monoisotopic (exact) mass is 306 g/mol. The van der Waals surface area contributed by atoms with Crippen LogP contribution in [0.5, 0.6) is 0 Å². The van der Waals surface area contributed by atoms with Gasteiger partial charge in [0.05, 0.1) is 18.7 Å². The van der Waals surface area contributed by atoms with Gasteiger partial charge in [-0.15, -0.1) is 12.4 Å². The predicted octanol–water partition coefficient (Wildman–Crippen LogP) is 1.29.